The Morgan fingerprint density at radius 3 is 1.93 bits per heavy atom. The summed E-state index contributed by atoms with van der Waals surface area (Å²) in [7, 11) is -2.04. The van der Waals surface area contributed by atoms with E-state index in [9.17, 15) is 9.59 Å². The maximum atomic E-state index is 11.8. The van der Waals surface area contributed by atoms with Gasteiger partial charge in [-0.25, -0.2) is 9.59 Å². The summed E-state index contributed by atoms with van der Waals surface area (Å²) >= 11 is 0. The number of esters is 2. The van der Waals surface area contributed by atoms with E-state index in [1.54, 1.807) is 26.0 Å². The first kappa shape index (κ1) is 26.3. The van der Waals surface area contributed by atoms with Crippen LogP contribution < -0.4 is 0 Å². The second-order valence-electron chi connectivity index (χ2n) is 8.31. The van der Waals surface area contributed by atoms with Crippen molar-refractivity contribution in [3.05, 3.63) is 36.0 Å². The maximum absolute atomic E-state index is 11.8. The molecule has 0 rings (SSSR count). The molecule has 0 fully saturated rings. The van der Waals surface area contributed by atoms with Gasteiger partial charge in [0, 0.05) is 18.1 Å². The van der Waals surface area contributed by atoms with Crippen LogP contribution in [-0.4, -0.2) is 39.6 Å². The van der Waals surface area contributed by atoms with E-state index in [0.29, 0.717) is 13.2 Å². The summed E-state index contributed by atoms with van der Waals surface area (Å²) in [5.41, 5.74) is 0.925. The molecule has 0 unspecified atom stereocenters. The lowest BCUT2D eigenvalue weighted by Gasteiger charge is -2.39. The van der Waals surface area contributed by atoms with Crippen molar-refractivity contribution in [3.63, 3.8) is 0 Å². The summed E-state index contributed by atoms with van der Waals surface area (Å²) in [4.78, 5) is 23.2. The van der Waals surface area contributed by atoms with Crippen LogP contribution in [0.4, 0.5) is 0 Å². The zero-order valence-electron chi connectivity index (χ0n) is 19.0. The summed E-state index contributed by atoms with van der Waals surface area (Å²) in [5, 5.41) is 0.0469. The zero-order valence-corrected chi connectivity index (χ0v) is 20.0. The van der Waals surface area contributed by atoms with Crippen molar-refractivity contribution in [2.75, 3.05) is 13.2 Å². The SMILES string of the molecule is CCOC(=O)/C=C/C(C)=C/[C@@H](C)[C@@H](/C=C/C(=O)OCC)O[Si](C)(C)C(C)(C)C. The quantitative estimate of drug-likeness (QED) is 0.214. The van der Waals surface area contributed by atoms with Crippen molar-refractivity contribution in [3.8, 4) is 0 Å². The molecule has 6 heteroatoms. The average molecular weight is 411 g/mol. The van der Waals surface area contributed by atoms with Gasteiger partial charge in [0.2, 0.25) is 0 Å². The number of rotatable bonds is 10. The average Bonchev–Trinajstić information content (AvgIpc) is 2.56. The van der Waals surface area contributed by atoms with E-state index in [2.05, 4.69) is 33.9 Å². The highest BCUT2D eigenvalue weighted by atomic mass is 28.4. The van der Waals surface area contributed by atoms with Gasteiger partial charge in [0.05, 0.1) is 19.3 Å². The highest BCUT2D eigenvalue weighted by Gasteiger charge is 2.39. The van der Waals surface area contributed by atoms with Gasteiger partial charge >= 0.3 is 11.9 Å². The van der Waals surface area contributed by atoms with Crippen LogP contribution in [0, 0.1) is 5.92 Å². The lowest BCUT2D eigenvalue weighted by atomic mass is 10.0. The molecule has 0 aromatic heterocycles. The van der Waals surface area contributed by atoms with E-state index in [1.165, 1.54) is 12.2 Å². The molecule has 0 aliphatic rings. The molecule has 0 bridgehead atoms. The van der Waals surface area contributed by atoms with Gasteiger partial charge in [0.1, 0.15) is 0 Å². The number of ether oxygens (including phenoxy) is 2. The largest absolute Gasteiger partial charge is 0.463 e. The van der Waals surface area contributed by atoms with Crippen molar-refractivity contribution in [1.82, 2.24) is 0 Å². The Bertz CT molecular complexity index is 597. The first-order chi connectivity index (χ1) is 12.8. The van der Waals surface area contributed by atoms with Crippen molar-refractivity contribution < 1.29 is 23.5 Å². The fourth-order valence-corrected chi connectivity index (χ4v) is 3.48. The molecule has 0 aliphatic heterocycles. The van der Waals surface area contributed by atoms with E-state index in [4.69, 9.17) is 13.9 Å². The molecule has 0 aliphatic carbocycles. The maximum Gasteiger partial charge on any atom is 0.330 e. The molecule has 0 N–H and O–H groups in total. The molecule has 0 spiro atoms. The summed E-state index contributed by atoms with van der Waals surface area (Å²) in [6.45, 7) is 19.1. The second kappa shape index (κ2) is 12.0. The minimum Gasteiger partial charge on any atom is -0.463 e. The third-order valence-electron chi connectivity index (χ3n) is 4.76. The van der Waals surface area contributed by atoms with Crippen LogP contribution in [0.1, 0.15) is 48.5 Å². The van der Waals surface area contributed by atoms with Crippen LogP contribution in [0.2, 0.25) is 18.1 Å². The molecule has 0 saturated heterocycles. The molecule has 0 heterocycles. The Kier molecular flexibility index (Phi) is 11.3. The highest BCUT2D eigenvalue weighted by Crippen LogP contribution is 2.38. The lowest BCUT2D eigenvalue weighted by molar-refractivity contribution is -0.138. The Morgan fingerprint density at radius 2 is 1.46 bits per heavy atom. The molecule has 0 aromatic carbocycles. The van der Waals surface area contributed by atoms with Crippen molar-refractivity contribution in [2.45, 2.75) is 72.7 Å². The highest BCUT2D eigenvalue weighted by molar-refractivity contribution is 6.74. The number of allylic oxidation sites excluding steroid dienone is 2. The second-order valence-corrected chi connectivity index (χ2v) is 13.1. The number of carbonyl (C=O) groups excluding carboxylic acids is 2. The third-order valence-corrected chi connectivity index (χ3v) is 9.23. The zero-order chi connectivity index (χ0) is 22.0. The van der Waals surface area contributed by atoms with E-state index in [1.807, 2.05) is 19.9 Å². The molecule has 0 radical (unpaired) electrons. The van der Waals surface area contributed by atoms with Crippen molar-refractivity contribution >= 4 is 20.3 Å². The van der Waals surface area contributed by atoms with E-state index in [-0.39, 0.29) is 29.0 Å². The Balaban J connectivity index is 5.50. The van der Waals surface area contributed by atoms with Crippen molar-refractivity contribution in [2.24, 2.45) is 5.92 Å². The molecular weight excluding hydrogens is 372 g/mol. The summed E-state index contributed by atoms with van der Waals surface area (Å²) in [6, 6.07) is 0. The summed E-state index contributed by atoms with van der Waals surface area (Å²) < 4.78 is 16.4. The standard InChI is InChI=1S/C22H38O5Si/c1-10-25-20(23)14-12-17(3)16-18(4)19(13-15-21(24)26-11-2)27-28(8,9)22(5,6)7/h12-16,18-19H,10-11H2,1-9H3/b14-12+,15-13+,17-16+/t18-,19-/m1/s1. The third kappa shape index (κ3) is 10.0. The van der Waals surface area contributed by atoms with Gasteiger partial charge in [-0.1, -0.05) is 45.4 Å². The normalized spacial score (nSPS) is 15.7. The van der Waals surface area contributed by atoms with Crippen LogP contribution in [0.25, 0.3) is 0 Å². The van der Waals surface area contributed by atoms with Gasteiger partial charge in [-0.05, 0) is 45.0 Å². The number of hydrogen-bond donors (Lipinski definition) is 0. The molecule has 2 atom stereocenters. The van der Waals surface area contributed by atoms with Crippen molar-refractivity contribution in [1.29, 1.82) is 0 Å². The monoisotopic (exact) mass is 410 g/mol. The topological polar surface area (TPSA) is 61.8 Å². The molecular formula is C22H38O5Si. The Morgan fingerprint density at radius 1 is 0.964 bits per heavy atom. The fourth-order valence-electron chi connectivity index (χ4n) is 2.16. The molecule has 0 aromatic rings. The predicted octanol–water partition coefficient (Wildman–Crippen LogP) is 5.20. The molecule has 0 saturated carbocycles. The van der Waals surface area contributed by atoms with Gasteiger partial charge in [0.25, 0.3) is 0 Å². The molecule has 28 heavy (non-hydrogen) atoms. The number of hydrogen-bond acceptors (Lipinski definition) is 5. The van der Waals surface area contributed by atoms with E-state index in [0.717, 1.165) is 5.57 Å². The smallest absolute Gasteiger partial charge is 0.330 e. The first-order valence-electron chi connectivity index (χ1n) is 9.90. The Labute approximate surface area is 172 Å². The van der Waals surface area contributed by atoms with Gasteiger partial charge in [0.15, 0.2) is 8.32 Å². The molecule has 5 nitrogen and oxygen atoms in total. The summed E-state index contributed by atoms with van der Waals surface area (Å²) in [5.74, 6) is -0.729. The van der Waals surface area contributed by atoms with Crippen LogP contribution in [-0.2, 0) is 23.5 Å². The predicted molar refractivity (Wildman–Crippen MR) is 117 cm³/mol. The van der Waals surface area contributed by atoms with Crippen LogP contribution in [0.5, 0.6) is 0 Å². The minimum absolute atomic E-state index is 0.00615. The Hall–Kier alpha value is -1.66. The van der Waals surface area contributed by atoms with Crippen LogP contribution in [0.15, 0.2) is 36.0 Å². The minimum atomic E-state index is -2.04. The first-order valence-corrected chi connectivity index (χ1v) is 12.8. The van der Waals surface area contributed by atoms with Gasteiger partial charge in [-0.3, -0.25) is 0 Å². The molecule has 160 valence electrons. The van der Waals surface area contributed by atoms with Crippen LogP contribution in [0.3, 0.4) is 0 Å². The van der Waals surface area contributed by atoms with E-state index < -0.39 is 8.32 Å². The number of carbonyl (C=O) groups is 2. The van der Waals surface area contributed by atoms with Crippen LogP contribution >= 0.6 is 0 Å². The van der Waals surface area contributed by atoms with Gasteiger partial charge in [-0.2, -0.15) is 0 Å². The van der Waals surface area contributed by atoms with Gasteiger partial charge in [-0.15, -0.1) is 0 Å². The summed E-state index contributed by atoms with van der Waals surface area (Å²) in [6.07, 6.45) is 8.13. The lowest BCUT2D eigenvalue weighted by Crippen LogP contribution is -2.44. The molecule has 0 amide bonds. The fraction of sp³-hybridized carbons (Fsp3) is 0.636. The van der Waals surface area contributed by atoms with Gasteiger partial charge < -0.3 is 13.9 Å². The van der Waals surface area contributed by atoms with E-state index >= 15 is 0 Å².